The molecule has 1 unspecified atom stereocenters. The molecular formula is C26H46O2. The minimum atomic E-state index is 0.00950. The van der Waals surface area contributed by atoms with Crippen molar-refractivity contribution in [3.8, 4) is 0 Å². The quantitative estimate of drug-likeness (QED) is 0.134. The van der Waals surface area contributed by atoms with Crippen LogP contribution in [0.15, 0.2) is 36.5 Å². The van der Waals surface area contributed by atoms with Gasteiger partial charge in [0.2, 0.25) is 0 Å². The molecule has 162 valence electrons. The standard InChI is InChI=1S/C26H46O2/c1-5-7-8-9-10-11-12-13-14-15-16-17-18-19-20-21-22-25(23-24(3)4)26(27)28-6-2/h7-8,10-11,13-14,24-25H,5-6,9,12,15-23H2,1-4H3/b8-7+,11-10+,14-13+. The Hall–Kier alpha value is -1.31. The van der Waals surface area contributed by atoms with E-state index in [9.17, 15) is 4.79 Å². The molecule has 2 heteroatoms. The summed E-state index contributed by atoms with van der Waals surface area (Å²) < 4.78 is 5.23. The molecule has 0 bridgehead atoms. The van der Waals surface area contributed by atoms with Gasteiger partial charge in [-0.2, -0.15) is 0 Å². The van der Waals surface area contributed by atoms with Gasteiger partial charge in [0.15, 0.2) is 0 Å². The molecule has 0 amide bonds. The molecule has 0 spiro atoms. The molecule has 0 fully saturated rings. The molecule has 0 aliphatic heterocycles. The highest BCUT2D eigenvalue weighted by atomic mass is 16.5. The molecule has 0 heterocycles. The first-order valence-electron chi connectivity index (χ1n) is 11.7. The van der Waals surface area contributed by atoms with Crippen LogP contribution >= 0.6 is 0 Å². The van der Waals surface area contributed by atoms with Gasteiger partial charge in [-0.3, -0.25) is 4.79 Å². The summed E-state index contributed by atoms with van der Waals surface area (Å²) in [6.45, 7) is 8.92. The second-order valence-electron chi connectivity index (χ2n) is 8.07. The smallest absolute Gasteiger partial charge is 0.308 e. The van der Waals surface area contributed by atoms with E-state index in [1.54, 1.807) is 0 Å². The van der Waals surface area contributed by atoms with Crippen LogP contribution < -0.4 is 0 Å². The lowest BCUT2D eigenvalue weighted by Gasteiger charge is -2.17. The summed E-state index contributed by atoms with van der Waals surface area (Å²) in [4.78, 5) is 12.0. The Balaban J connectivity index is 3.60. The van der Waals surface area contributed by atoms with Gasteiger partial charge in [0.1, 0.15) is 0 Å². The first-order valence-corrected chi connectivity index (χ1v) is 11.7. The molecule has 0 aromatic carbocycles. The number of carbonyl (C=O) groups is 1. The van der Waals surface area contributed by atoms with Crippen LogP contribution in [0.4, 0.5) is 0 Å². The van der Waals surface area contributed by atoms with Crippen LogP contribution in [0.1, 0.15) is 105 Å². The average Bonchev–Trinajstić information content (AvgIpc) is 2.66. The van der Waals surface area contributed by atoms with Gasteiger partial charge in [0, 0.05) is 0 Å². The van der Waals surface area contributed by atoms with Crippen molar-refractivity contribution in [2.24, 2.45) is 11.8 Å². The van der Waals surface area contributed by atoms with Crippen LogP contribution in [0.5, 0.6) is 0 Å². The Morgan fingerprint density at radius 2 is 1.36 bits per heavy atom. The van der Waals surface area contributed by atoms with E-state index in [4.69, 9.17) is 4.74 Å². The van der Waals surface area contributed by atoms with Crippen molar-refractivity contribution < 1.29 is 9.53 Å². The minimum Gasteiger partial charge on any atom is -0.466 e. The van der Waals surface area contributed by atoms with Crippen LogP contribution in [0, 0.1) is 11.8 Å². The number of unbranched alkanes of at least 4 members (excludes halogenated alkanes) is 6. The first-order chi connectivity index (χ1) is 13.6. The predicted molar refractivity (Wildman–Crippen MR) is 123 cm³/mol. The van der Waals surface area contributed by atoms with Gasteiger partial charge in [0.05, 0.1) is 12.5 Å². The van der Waals surface area contributed by atoms with Crippen molar-refractivity contribution in [2.75, 3.05) is 6.61 Å². The lowest BCUT2D eigenvalue weighted by molar-refractivity contribution is -0.148. The Labute approximate surface area is 175 Å². The Bertz CT molecular complexity index is 432. The van der Waals surface area contributed by atoms with Crippen LogP contribution in [0.3, 0.4) is 0 Å². The number of ether oxygens (including phenoxy) is 1. The van der Waals surface area contributed by atoms with Crippen molar-refractivity contribution in [2.45, 2.75) is 105 Å². The van der Waals surface area contributed by atoms with E-state index in [-0.39, 0.29) is 11.9 Å². The average molecular weight is 391 g/mol. The topological polar surface area (TPSA) is 26.3 Å². The van der Waals surface area contributed by atoms with E-state index >= 15 is 0 Å². The molecular weight excluding hydrogens is 344 g/mol. The Morgan fingerprint density at radius 1 is 0.786 bits per heavy atom. The maximum absolute atomic E-state index is 12.0. The fraction of sp³-hybridized carbons (Fsp3) is 0.731. The maximum Gasteiger partial charge on any atom is 0.308 e. The van der Waals surface area contributed by atoms with Gasteiger partial charge >= 0.3 is 5.97 Å². The zero-order valence-electron chi connectivity index (χ0n) is 19.1. The van der Waals surface area contributed by atoms with Crippen molar-refractivity contribution in [1.29, 1.82) is 0 Å². The maximum atomic E-state index is 12.0. The second-order valence-corrected chi connectivity index (χ2v) is 8.07. The van der Waals surface area contributed by atoms with Gasteiger partial charge < -0.3 is 4.74 Å². The highest BCUT2D eigenvalue weighted by molar-refractivity contribution is 5.72. The Morgan fingerprint density at radius 3 is 1.96 bits per heavy atom. The molecule has 0 radical (unpaired) electrons. The molecule has 0 aliphatic rings. The van der Waals surface area contributed by atoms with Gasteiger partial charge in [-0.25, -0.2) is 0 Å². The normalized spacial score (nSPS) is 13.3. The second kappa shape index (κ2) is 20.4. The molecule has 0 aromatic rings. The SMILES string of the molecule is CC/C=C/C/C=C/C/C=C/CCCCCCCCC(CC(C)C)C(=O)OCC. The van der Waals surface area contributed by atoms with Crippen LogP contribution in [-0.2, 0) is 9.53 Å². The summed E-state index contributed by atoms with van der Waals surface area (Å²) in [7, 11) is 0. The third kappa shape index (κ3) is 18.1. The summed E-state index contributed by atoms with van der Waals surface area (Å²) in [5.74, 6) is 0.660. The van der Waals surface area contributed by atoms with Crippen LogP contribution in [0.25, 0.3) is 0 Å². The predicted octanol–water partition coefficient (Wildman–Crippen LogP) is 8.19. The molecule has 0 rings (SSSR count). The zero-order chi connectivity index (χ0) is 20.9. The molecule has 0 N–H and O–H groups in total. The summed E-state index contributed by atoms with van der Waals surface area (Å²) in [5.41, 5.74) is 0. The highest BCUT2D eigenvalue weighted by Crippen LogP contribution is 2.21. The lowest BCUT2D eigenvalue weighted by Crippen LogP contribution is -2.19. The third-order valence-corrected chi connectivity index (χ3v) is 4.83. The molecule has 0 saturated carbocycles. The van der Waals surface area contributed by atoms with E-state index in [1.807, 2.05) is 6.92 Å². The number of carbonyl (C=O) groups excluding carboxylic acids is 1. The third-order valence-electron chi connectivity index (χ3n) is 4.83. The van der Waals surface area contributed by atoms with E-state index in [0.29, 0.717) is 12.5 Å². The number of rotatable bonds is 18. The van der Waals surface area contributed by atoms with Crippen molar-refractivity contribution in [3.05, 3.63) is 36.5 Å². The molecule has 28 heavy (non-hydrogen) atoms. The summed E-state index contributed by atoms with van der Waals surface area (Å²) >= 11 is 0. The van der Waals surface area contributed by atoms with Crippen LogP contribution in [-0.4, -0.2) is 12.6 Å². The monoisotopic (exact) mass is 390 g/mol. The van der Waals surface area contributed by atoms with Gasteiger partial charge in [-0.1, -0.05) is 89.3 Å². The fourth-order valence-electron chi connectivity index (χ4n) is 3.35. The van der Waals surface area contributed by atoms with Crippen molar-refractivity contribution in [3.63, 3.8) is 0 Å². The number of hydrogen-bond acceptors (Lipinski definition) is 2. The minimum absolute atomic E-state index is 0.00950. The molecule has 0 saturated heterocycles. The number of allylic oxidation sites excluding steroid dienone is 6. The van der Waals surface area contributed by atoms with Gasteiger partial charge in [-0.05, 0) is 57.8 Å². The lowest BCUT2D eigenvalue weighted by atomic mass is 9.92. The van der Waals surface area contributed by atoms with Crippen molar-refractivity contribution in [1.82, 2.24) is 0 Å². The zero-order valence-corrected chi connectivity index (χ0v) is 19.1. The van der Waals surface area contributed by atoms with Gasteiger partial charge in [0.25, 0.3) is 0 Å². The fourth-order valence-corrected chi connectivity index (χ4v) is 3.35. The first kappa shape index (κ1) is 26.7. The number of esters is 1. The highest BCUT2D eigenvalue weighted by Gasteiger charge is 2.20. The van der Waals surface area contributed by atoms with E-state index in [0.717, 1.165) is 38.5 Å². The van der Waals surface area contributed by atoms with Gasteiger partial charge in [-0.15, -0.1) is 0 Å². The number of hydrogen-bond donors (Lipinski definition) is 0. The van der Waals surface area contributed by atoms with E-state index in [1.165, 1.54) is 38.5 Å². The molecule has 1 atom stereocenters. The summed E-state index contributed by atoms with van der Waals surface area (Å²) in [6.07, 6.45) is 27.5. The largest absolute Gasteiger partial charge is 0.466 e. The molecule has 0 aromatic heterocycles. The van der Waals surface area contributed by atoms with Crippen LogP contribution in [0.2, 0.25) is 0 Å². The molecule has 0 aliphatic carbocycles. The summed E-state index contributed by atoms with van der Waals surface area (Å²) in [5, 5.41) is 0. The summed E-state index contributed by atoms with van der Waals surface area (Å²) in [6, 6.07) is 0. The van der Waals surface area contributed by atoms with Crippen molar-refractivity contribution >= 4 is 5.97 Å². The molecule has 2 nitrogen and oxygen atoms in total. The van der Waals surface area contributed by atoms with E-state index in [2.05, 4.69) is 57.2 Å². The van der Waals surface area contributed by atoms with E-state index < -0.39 is 0 Å². The Kier molecular flexibility index (Phi) is 19.5.